The molecule has 2 aromatic heterocycles. The lowest BCUT2D eigenvalue weighted by Crippen LogP contribution is -1.83. The van der Waals surface area contributed by atoms with Gasteiger partial charge < -0.3 is 0 Å². The molecular weight excluding hydrogens is 264 g/mol. The zero-order valence-corrected chi connectivity index (χ0v) is 11.7. The molecule has 0 bridgehead atoms. The van der Waals surface area contributed by atoms with Crippen molar-refractivity contribution >= 4 is 46.4 Å². The lowest BCUT2D eigenvalue weighted by Gasteiger charge is -1.86. The first kappa shape index (κ1) is 12.9. The molecule has 2 rings (SSSR count). The maximum atomic E-state index is 11.2. The van der Waals surface area contributed by atoms with Crippen LogP contribution in [0.3, 0.4) is 0 Å². The molecule has 0 aliphatic heterocycles. The van der Waals surface area contributed by atoms with E-state index in [1.165, 1.54) is 22.7 Å². The van der Waals surface area contributed by atoms with Gasteiger partial charge in [0.05, 0.1) is 9.75 Å². The molecule has 92 valence electrons. The van der Waals surface area contributed by atoms with Crippen LogP contribution in [0.25, 0.3) is 12.2 Å². The number of thiophene rings is 2. The summed E-state index contributed by atoms with van der Waals surface area (Å²) in [5.74, 6) is 0.185. The zero-order valence-electron chi connectivity index (χ0n) is 10.1. The van der Waals surface area contributed by atoms with Gasteiger partial charge in [0.15, 0.2) is 11.6 Å². The predicted molar refractivity (Wildman–Crippen MR) is 77.6 cm³/mol. The fourth-order valence-corrected chi connectivity index (χ4v) is 3.04. The van der Waals surface area contributed by atoms with E-state index >= 15 is 0 Å². The predicted octanol–water partition coefficient (Wildman–Crippen LogP) is 4.39. The number of hydrogen-bond donors (Lipinski definition) is 0. The fraction of sp³-hybridized carbons (Fsp3) is 0.143. The van der Waals surface area contributed by atoms with Crippen molar-refractivity contribution in [3.63, 3.8) is 0 Å². The van der Waals surface area contributed by atoms with Gasteiger partial charge in [0, 0.05) is 9.75 Å². The van der Waals surface area contributed by atoms with Crippen molar-refractivity contribution in [3.05, 3.63) is 43.8 Å². The quantitative estimate of drug-likeness (QED) is 0.776. The maximum Gasteiger partial charge on any atom is 0.169 e. The molecule has 18 heavy (non-hydrogen) atoms. The summed E-state index contributed by atoms with van der Waals surface area (Å²) in [6.07, 6.45) is 3.93. The van der Waals surface area contributed by atoms with Crippen LogP contribution in [0.1, 0.15) is 42.9 Å². The van der Waals surface area contributed by atoms with E-state index in [9.17, 15) is 9.59 Å². The van der Waals surface area contributed by atoms with Crippen LogP contribution in [-0.2, 0) is 0 Å². The molecule has 0 amide bonds. The SMILES string of the molecule is CC(=O)c1ccc(C=Cc2ccc(C(C)=O)s2)s1. The molecule has 0 atom stereocenters. The Labute approximate surface area is 114 Å². The van der Waals surface area contributed by atoms with Gasteiger partial charge in [-0.05, 0) is 50.3 Å². The van der Waals surface area contributed by atoms with E-state index in [-0.39, 0.29) is 11.6 Å². The molecule has 0 saturated heterocycles. The summed E-state index contributed by atoms with van der Waals surface area (Å²) >= 11 is 2.95. The smallest absolute Gasteiger partial charge is 0.169 e. The first-order chi connectivity index (χ1) is 8.56. The van der Waals surface area contributed by atoms with E-state index in [1.807, 2.05) is 36.4 Å². The molecule has 2 nitrogen and oxygen atoms in total. The Morgan fingerprint density at radius 1 is 0.833 bits per heavy atom. The van der Waals surface area contributed by atoms with Gasteiger partial charge in [0.25, 0.3) is 0 Å². The Bertz CT molecular complexity index is 563. The lowest BCUT2D eigenvalue weighted by molar-refractivity contribution is 0.101. The Morgan fingerprint density at radius 2 is 1.22 bits per heavy atom. The van der Waals surface area contributed by atoms with E-state index in [0.29, 0.717) is 0 Å². The van der Waals surface area contributed by atoms with Crippen LogP contribution >= 0.6 is 22.7 Å². The number of carbonyl (C=O) groups excluding carboxylic acids is 2. The summed E-state index contributed by atoms with van der Waals surface area (Å²) in [6, 6.07) is 7.53. The van der Waals surface area contributed by atoms with Crippen molar-refractivity contribution < 1.29 is 9.59 Å². The minimum absolute atomic E-state index is 0.0923. The molecule has 2 heterocycles. The average Bonchev–Trinajstić information content (AvgIpc) is 2.95. The molecule has 0 saturated carbocycles. The average molecular weight is 276 g/mol. The Kier molecular flexibility index (Phi) is 3.89. The van der Waals surface area contributed by atoms with Crippen molar-refractivity contribution in [3.8, 4) is 0 Å². The third-order valence-corrected chi connectivity index (χ3v) is 4.66. The molecule has 2 aromatic rings. The standard InChI is InChI=1S/C14H12O2S2/c1-9(15)13-7-5-11(17-13)3-4-12-6-8-14(18-12)10(2)16/h3-8H,1-2H3. The third kappa shape index (κ3) is 3.03. The normalized spacial score (nSPS) is 11.0. The van der Waals surface area contributed by atoms with E-state index in [0.717, 1.165) is 19.5 Å². The van der Waals surface area contributed by atoms with E-state index in [2.05, 4.69) is 0 Å². The molecular formula is C14H12O2S2. The van der Waals surface area contributed by atoms with Crippen molar-refractivity contribution in [2.24, 2.45) is 0 Å². The maximum absolute atomic E-state index is 11.2. The van der Waals surface area contributed by atoms with Crippen LogP contribution in [0.2, 0.25) is 0 Å². The van der Waals surface area contributed by atoms with Crippen molar-refractivity contribution in [2.75, 3.05) is 0 Å². The number of carbonyl (C=O) groups is 2. The summed E-state index contributed by atoms with van der Waals surface area (Å²) in [4.78, 5) is 25.9. The second kappa shape index (κ2) is 5.42. The van der Waals surface area contributed by atoms with Crippen LogP contribution < -0.4 is 0 Å². The van der Waals surface area contributed by atoms with E-state index < -0.39 is 0 Å². The molecule has 0 aromatic carbocycles. The van der Waals surface area contributed by atoms with Gasteiger partial charge in [0.1, 0.15) is 0 Å². The molecule has 0 unspecified atom stereocenters. The summed E-state index contributed by atoms with van der Waals surface area (Å²) in [5, 5.41) is 0. The van der Waals surface area contributed by atoms with Gasteiger partial charge in [-0.1, -0.05) is 0 Å². The van der Waals surface area contributed by atoms with Crippen molar-refractivity contribution in [1.29, 1.82) is 0 Å². The van der Waals surface area contributed by atoms with Gasteiger partial charge in [-0.2, -0.15) is 0 Å². The first-order valence-corrected chi connectivity index (χ1v) is 7.09. The summed E-state index contributed by atoms with van der Waals surface area (Å²) in [7, 11) is 0. The van der Waals surface area contributed by atoms with Crippen molar-refractivity contribution in [1.82, 2.24) is 0 Å². The molecule has 4 heteroatoms. The highest BCUT2D eigenvalue weighted by Crippen LogP contribution is 2.22. The van der Waals surface area contributed by atoms with Gasteiger partial charge in [-0.3, -0.25) is 9.59 Å². The summed E-state index contributed by atoms with van der Waals surface area (Å²) in [5.41, 5.74) is 0. The zero-order chi connectivity index (χ0) is 13.1. The highest BCUT2D eigenvalue weighted by atomic mass is 32.1. The van der Waals surface area contributed by atoms with E-state index in [1.54, 1.807) is 13.8 Å². The van der Waals surface area contributed by atoms with E-state index in [4.69, 9.17) is 0 Å². The Hall–Kier alpha value is -1.52. The highest BCUT2D eigenvalue weighted by Gasteiger charge is 2.03. The van der Waals surface area contributed by atoms with Gasteiger partial charge in [0.2, 0.25) is 0 Å². The van der Waals surface area contributed by atoms with Gasteiger partial charge >= 0.3 is 0 Å². The number of rotatable bonds is 4. The minimum Gasteiger partial charge on any atom is -0.294 e. The van der Waals surface area contributed by atoms with Gasteiger partial charge in [-0.25, -0.2) is 0 Å². The number of ketones is 2. The van der Waals surface area contributed by atoms with Crippen LogP contribution in [0.15, 0.2) is 24.3 Å². The third-order valence-electron chi connectivity index (χ3n) is 2.36. The molecule has 0 aliphatic carbocycles. The molecule has 0 spiro atoms. The minimum atomic E-state index is 0.0923. The largest absolute Gasteiger partial charge is 0.294 e. The second-order valence-electron chi connectivity index (χ2n) is 3.85. The summed E-state index contributed by atoms with van der Waals surface area (Å²) in [6.45, 7) is 3.13. The topological polar surface area (TPSA) is 34.1 Å². The van der Waals surface area contributed by atoms with Gasteiger partial charge in [-0.15, -0.1) is 22.7 Å². The molecule has 0 aliphatic rings. The monoisotopic (exact) mass is 276 g/mol. The second-order valence-corrected chi connectivity index (χ2v) is 6.08. The Morgan fingerprint density at radius 3 is 1.50 bits per heavy atom. The number of hydrogen-bond acceptors (Lipinski definition) is 4. The Balaban J connectivity index is 2.13. The number of Topliss-reactive ketones (excluding diaryl/α,β-unsaturated/α-hetero) is 2. The van der Waals surface area contributed by atoms with Crippen LogP contribution in [0.4, 0.5) is 0 Å². The van der Waals surface area contributed by atoms with Crippen LogP contribution in [-0.4, -0.2) is 11.6 Å². The summed E-state index contributed by atoms with van der Waals surface area (Å²) < 4.78 is 0. The first-order valence-electron chi connectivity index (χ1n) is 5.46. The van der Waals surface area contributed by atoms with Crippen LogP contribution in [0.5, 0.6) is 0 Å². The van der Waals surface area contributed by atoms with Crippen molar-refractivity contribution in [2.45, 2.75) is 13.8 Å². The lowest BCUT2D eigenvalue weighted by atomic mass is 10.3. The molecule has 0 fully saturated rings. The molecule has 0 N–H and O–H groups in total. The molecule has 0 radical (unpaired) electrons. The van der Waals surface area contributed by atoms with Crippen LogP contribution in [0, 0.1) is 0 Å². The fourth-order valence-electron chi connectivity index (χ4n) is 1.43. The highest BCUT2D eigenvalue weighted by molar-refractivity contribution is 7.15.